The molecule has 0 bridgehead atoms. The third-order valence-corrected chi connectivity index (χ3v) is 4.37. The number of hydrogen-bond acceptors (Lipinski definition) is 4. The van der Waals surface area contributed by atoms with E-state index in [0.29, 0.717) is 6.61 Å². The molecule has 0 fully saturated rings. The fourth-order valence-corrected chi connectivity index (χ4v) is 3.34. The average molecular weight is 281 g/mol. The number of fused-ring (bicyclic) bond motifs is 3. The molecule has 0 radical (unpaired) electrons. The minimum Gasteiger partial charge on any atom is -0.508 e. The highest BCUT2D eigenvalue weighted by Crippen LogP contribution is 2.41. The third kappa shape index (κ3) is 1.77. The van der Waals surface area contributed by atoms with Crippen molar-refractivity contribution in [1.29, 1.82) is 0 Å². The summed E-state index contributed by atoms with van der Waals surface area (Å²) in [6.07, 6.45) is 0. The van der Waals surface area contributed by atoms with E-state index in [-0.39, 0.29) is 5.75 Å². The van der Waals surface area contributed by atoms with Crippen molar-refractivity contribution in [3.8, 4) is 33.3 Å². The molecule has 4 rings (SSSR count). The number of para-hydroxylation sites is 1. The number of phenols is 1. The van der Waals surface area contributed by atoms with E-state index in [2.05, 4.69) is 0 Å². The first-order valence-corrected chi connectivity index (χ1v) is 7.14. The summed E-state index contributed by atoms with van der Waals surface area (Å²) in [4.78, 5) is 5.86. The van der Waals surface area contributed by atoms with Gasteiger partial charge in [0, 0.05) is 11.1 Å². The van der Waals surface area contributed by atoms with Gasteiger partial charge in [-0.15, -0.1) is 11.3 Å². The molecule has 1 aliphatic rings. The van der Waals surface area contributed by atoms with Crippen LogP contribution in [0.15, 0.2) is 48.5 Å². The summed E-state index contributed by atoms with van der Waals surface area (Å²) in [6.45, 7) is 0.558. The largest absolute Gasteiger partial charge is 0.508 e. The molecule has 98 valence electrons. The number of ether oxygens (including phenoxy) is 1. The molecule has 4 heteroatoms. The highest BCUT2D eigenvalue weighted by molar-refractivity contribution is 7.15. The van der Waals surface area contributed by atoms with Gasteiger partial charge in [0.1, 0.15) is 23.1 Å². The quantitative estimate of drug-likeness (QED) is 0.731. The Labute approximate surface area is 120 Å². The number of hydrogen-bond donors (Lipinski definition) is 1. The summed E-state index contributed by atoms with van der Waals surface area (Å²) in [5.74, 6) is 1.14. The molecule has 0 saturated carbocycles. The van der Waals surface area contributed by atoms with Crippen LogP contribution in [0.4, 0.5) is 0 Å². The van der Waals surface area contributed by atoms with Gasteiger partial charge in [-0.05, 0) is 24.3 Å². The Hall–Kier alpha value is -2.33. The molecule has 2 aromatic carbocycles. The highest BCUT2D eigenvalue weighted by Gasteiger charge is 2.22. The van der Waals surface area contributed by atoms with E-state index >= 15 is 0 Å². The zero-order valence-electron chi connectivity index (χ0n) is 10.5. The first-order chi connectivity index (χ1) is 9.81. The minimum atomic E-state index is 0.257. The Balaban J connectivity index is 1.86. The monoisotopic (exact) mass is 281 g/mol. The molecular formula is C16H11NO2S. The molecule has 1 aliphatic heterocycles. The normalized spacial score (nSPS) is 12.4. The first-order valence-electron chi connectivity index (χ1n) is 6.32. The molecule has 20 heavy (non-hydrogen) atoms. The lowest BCUT2D eigenvalue weighted by Gasteiger charge is -2.15. The molecule has 0 unspecified atom stereocenters. The summed E-state index contributed by atoms with van der Waals surface area (Å²) in [5.41, 5.74) is 2.97. The standard InChI is InChI=1S/C16H11NO2S/c18-11-5-3-4-10(8-11)16-17-15-12-6-1-2-7-13(12)19-9-14(15)20-16/h1-8,18H,9H2. The van der Waals surface area contributed by atoms with E-state index in [4.69, 9.17) is 9.72 Å². The van der Waals surface area contributed by atoms with Gasteiger partial charge >= 0.3 is 0 Å². The van der Waals surface area contributed by atoms with Crippen LogP contribution >= 0.6 is 11.3 Å². The van der Waals surface area contributed by atoms with Crippen molar-refractivity contribution in [2.24, 2.45) is 0 Å². The molecule has 3 nitrogen and oxygen atoms in total. The van der Waals surface area contributed by atoms with Crippen molar-refractivity contribution >= 4 is 11.3 Å². The topological polar surface area (TPSA) is 42.4 Å². The van der Waals surface area contributed by atoms with E-state index in [0.717, 1.165) is 32.5 Å². The predicted molar refractivity (Wildman–Crippen MR) is 79.0 cm³/mol. The van der Waals surface area contributed by atoms with Gasteiger partial charge in [-0.1, -0.05) is 24.3 Å². The predicted octanol–water partition coefficient (Wildman–Crippen LogP) is 4.08. The molecule has 2 heterocycles. The lowest BCUT2D eigenvalue weighted by molar-refractivity contribution is 0.305. The number of nitrogens with zero attached hydrogens (tertiary/aromatic N) is 1. The smallest absolute Gasteiger partial charge is 0.129 e. The first kappa shape index (κ1) is 11.5. The second kappa shape index (κ2) is 4.35. The number of aromatic hydroxyl groups is 1. The van der Waals surface area contributed by atoms with Crippen LogP contribution in [0.5, 0.6) is 11.5 Å². The van der Waals surface area contributed by atoms with Gasteiger partial charge in [0.25, 0.3) is 0 Å². The average Bonchev–Trinajstić information content (AvgIpc) is 2.92. The van der Waals surface area contributed by atoms with Gasteiger partial charge in [-0.25, -0.2) is 4.98 Å². The van der Waals surface area contributed by atoms with Crippen molar-refractivity contribution in [2.75, 3.05) is 0 Å². The van der Waals surface area contributed by atoms with Crippen molar-refractivity contribution in [1.82, 2.24) is 4.98 Å². The maximum absolute atomic E-state index is 9.59. The van der Waals surface area contributed by atoms with Crippen LogP contribution in [0.25, 0.3) is 21.8 Å². The van der Waals surface area contributed by atoms with Gasteiger partial charge in [-0.3, -0.25) is 0 Å². The van der Waals surface area contributed by atoms with Gasteiger partial charge in [0.05, 0.1) is 10.6 Å². The number of phenolic OH excluding ortho intramolecular Hbond substituents is 1. The van der Waals surface area contributed by atoms with E-state index in [1.807, 2.05) is 36.4 Å². The van der Waals surface area contributed by atoms with Crippen LogP contribution in [0.3, 0.4) is 0 Å². The van der Waals surface area contributed by atoms with Crippen LogP contribution in [0.2, 0.25) is 0 Å². The zero-order valence-corrected chi connectivity index (χ0v) is 11.4. The molecule has 1 aromatic heterocycles. The fourth-order valence-electron chi connectivity index (χ4n) is 2.35. The maximum Gasteiger partial charge on any atom is 0.129 e. The van der Waals surface area contributed by atoms with Crippen molar-refractivity contribution in [3.05, 3.63) is 53.4 Å². The van der Waals surface area contributed by atoms with Crippen LogP contribution < -0.4 is 4.74 Å². The Morgan fingerprint density at radius 3 is 2.90 bits per heavy atom. The Morgan fingerprint density at radius 1 is 1.10 bits per heavy atom. The van der Waals surface area contributed by atoms with Gasteiger partial charge < -0.3 is 9.84 Å². The molecule has 0 amide bonds. The van der Waals surface area contributed by atoms with Gasteiger partial charge in [0.2, 0.25) is 0 Å². The lowest BCUT2D eigenvalue weighted by atomic mass is 10.1. The van der Waals surface area contributed by atoms with Gasteiger partial charge in [0.15, 0.2) is 0 Å². The highest BCUT2D eigenvalue weighted by atomic mass is 32.1. The minimum absolute atomic E-state index is 0.257. The van der Waals surface area contributed by atoms with Crippen LogP contribution in [-0.4, -0.2) is 10.1 Å². The van der Waals surface area contributed by atoms with E-state index in [1.54, 1.807) is 23.5 Å². The molecule has 0 aliphatic carbocycles. The lowest BCUT2D eigenvalue weighted by Crippen LogP contribution is -2.02. The third-order valence-electron chi connectivity index (χ3n) is 3.29. The van der Waals surface area contributed by atoms with Crippen LogP contribution in [-0.2, 0) is 6.61 Å². The maximum atomic E-state index is 9.59. The van der Waals surface area contributed by atoms with Gasteiger partial charge in [-0.2, -0.15) is 0 Å². The molecule has 3 aromatic rings. The van der Waals surface area contributed by atoms with Crippen molar-refractivity contribution in [2.45, 2.75) is 6.61 Å². The van der Waals surface area contributed by atoms with Crippen molar-refractivity contribution < 1.29 is 9.84 Å². The van der Waals surface area contributed by atoms with Crippen LogP contribution in [0, 0.1) is 0 Å². The zero-order chi connectivity index (χ0) is 13.5. The molecular weight excluding hydrogens is 270 g/mol. The summed E-state index contributed by atoms with van der Waals surface area (Å²) >= 11 is 1.61. The van der Waals surface area contributed by atoms with E-state index < -0.39 is 0 Å². The Kier molecular flexibility index (Phi) is 2.50. The van der Waals surface area contributed by atoms with Crippen molar-refractivity contribution in [3.63, 3.8) is 0 Å². The number of rotatable bonds is 1. The van der Waals surface area contributed by atoms with Crippen LogP contribution in [0.1, 0.15) is 4.88 Å². The molecule has 0 spiro atoms. The molecule has 1 N–H and O–H groups in total. The Bertz CT molecular complexity index is 795. The second-order valence-corrected chi connectivity index (χ2v) is 5.71. The summed E-state index contributed by atoms with van der Waals surface area (Å²) in [7, 11) is 0. The summed E-state index contributed by atoms with van der Waals surface area (Å²) in [6, 6.07) is 15.1. The number of benzene rings is 2. The number of aromatic nitrogens is 1. The van der Waals surface area contributed by atoms with E-state index in [9.17, 15) is 5.11 Å². The fraction of sp³-hybridized carbons (Fsp3) is 0.0625. The Morgan fingerprint density at radius 2 is 2.00 bits per heavy atom. The SMILES string of the molecule is Oc1cccc(-c2nc3c(s2)COc2ccccc2-3)c1. The molecule has 0 saturated heterocycles. The molecule has 0 atom stereocenters. The summed E-state index contributed by atoms with van der Waals surface area (Å²) in [5, 5.41) is 10.5. The van der Waals surface area contributed by atoms with E-state index in [1.165, 1.54) is 0 Å². The summed E-state index contributed by atoms with van der Waals surface area (Å²) < 4.78 is 5.74. The second-order valence-electron chi connectivity index (χ2n) is 4.63. The number of thiazole rings is 1.